The van der Waals surface area contributed by atoms with Crippen LogP contribution in [0.3, 0.4) is 0 Å². The topological polar surface area (TPSA) is 9.23 Å². The molecule has 0 fully saturated rings. The third-order valence-corrected chi connectivity index (χ3v) is 1.25. The Morgan fingerprint density at radius 2 is 1.40 bits per heavy atom. The van der Waals surface area contributed by atoms with Gasteiger partial charge in [0.05, 0.1) is 7.18 Å². The van der Waals surface area contributed by atoms with Crippen LogP contribution in [-0.4, -0.2) is 13.8 Å². The Hall–Kier alpha value is -1.19. The predicted molar refractivity (Wildman–Crippen MR) is 56.2 cm³/mol. The molecule has 15 heavy (non-hydrogen) atoms. The molecule has 0 amide bonds. The van der Waals surface area contributed by atoms with Gasteiger partial charge in [0.15, 0.2) is 0 Å². The lowest BCUT2D eigenvalue weighted by molar-refractivity contribution is -0.0498. The van der Waals surface area contributed by atoms with Crippen LogP contribution in [0.25, 0.3) is 0 Å². The zero-order valence-electron chi connectivity index (χ0n) is 9.43. The molecule has 0 aliphatic heterocycles. The number of halogens is 3. The first-order valence-corrected chi connectivity index (χ1v) is 4.58. The molecular formula is C11H17F3O. The normalized spacial score (nSPS) is 8.27. The van der Waals surface area contributed by atoms with Gasteiger partial charge in [0.25, 0.3) is 0 Å². The summed E-state index contributed by atoms with van der Waals surface area (Å²) >= 11 is 0. The minimum Gasteiger partial charge on any atom is -0.435 e. The van der Waals surface area contributed by atoms with Gasteiger partial charge in [-0.15, -0.1) is 0 Å². The molecule has 1 aromatic carbocycles. The van der Waals surface area contributed by atoms with E-state index < -0.39 is 6.61 Å². The lowest BCUT2D eigenvalue weighted by atomic mass is 10.2. The van der Waals surface area contributed by atoms with Crippen LogP contribution in [0.15, 0.2) is 24.3 Å². The van der Waals surface area contributed by atoms with Crippen molar-refractivity contribution in [1.82, 2.24) is 0 Å². The van der Waals surface area contributed by atoms with E-state index in [2.05, 4.69) is 4.74 Å². The van der Waals surface area contributed by atoms with E-state index in [0.29, 0.717) is 7.18 Å². The molecule has 88 valence electrons. The predicted octanol–water partition coefficient (Wildman–Crippen LogP) is 4.21. The minimum atomic E-state index is -2.74. The molecule has 0 aliphatic carbocycles. The lowest BCUT2D eigenvalue weighted by Crippen LogP contribution is -2.01. The Morgan fingerprint density at radius 1 is 1.00 bits per heavy atom. The first-order valence-electron chi connectivity index (χ1n) is 4.58. The average molecular weight is 222 g/mol. The minimum absolute atomic E-state index is 0.200. The van der Waals surface area contributed by atoms with Crippen molar-refractivity contribution in [3.63, 3.8) is 0 Å². The zero-order valence-corrected chi connectivity index (χ0v) is 9.43. The number of hydrogen-bond donors (Lipinski definition) is 0. The summed E-state index contributed by atoms with van der Waals surface area (Å²) in [6.45, 7) is 3.14. The third kappa shape index (κ3) is 9.12. The highest BCUT2D eigenvalue weighted by Gasteiger charge is 2.01. The van der Waals surface area contributed by atoms with Crippen LogP contribution < -0.4 is 4.74 Å². The molecule has 1 nitrogen and oxygen atoms in total. The summed E-state index contributed by atoms with van der Waals surface area (Å²) in [6.07, 6.45) is 0. The molecule has 0 spiro atoms. The standard InChI is InChI=1S/C8H8F2O.C2H6.CH3F/c1-6-2-4-7(5-3-6)11-8(9)10;2*1-2/h2-5,8H,1H3;1-2H3;1H3. The van der Waals surface area contributed by atoms with Crippen molar-refractivity contribution < 1.29 is 17.9 Å². The van der Waals surface area contributed by atoms with Gasteiger partial charge >= 0.3 is 6.61 Å². The maximum absolute atomic E-state index is 11.6. The Labute approximate surface area is 88.9 Å². The Balaban J connectivity index is 0. The molecule has 0 saturated carbocycles. The van der Waals surface area contributed by atoms with E-state index in [1.54, 1.807) is 12.1 Å². The fraction of sp³-hybridized carbons (Fsp3) is 0.455. The Morgan fingerprint density at radius 3 is 1.73 bits per heavy atom. The molecule has 0 radical (unpaired) electrons. The van der Waals surface area contributed by atoms with Crippen LogP contribution >= 0.6 is 0 Å². The highest BCUT2D eigenvalue weighted by atomic mass is 19.3. The van der Waals surface area contributed by atoms with Crippen LogP contribution in [0.4, 0.5) is 13.2 Å². The van der Waals surface area contributed by atoms with Crippen LogP contribution in [-0.2, 0) is 0 Å². The first kappa shape index (κ1) is 16.2. The summed E-state index contributed by atoms with van der Waals surface area (Å²) in [5.41, 5.74) is 1.02. The van der Waals surface area contributed by atoms with Gasteiger partial charge in [-0.25, -0.2) is 0 Å². The van der Waals surface area contributed by atoms with Crippen molar-refractivity contribution in [3.05, 3.63) is 29.8 Å². The van der Waals surface area contributed by atoms with Crippen molar-refractivity contribution >= 4 is 0 Å². The molecular weight excluding hydrogens is 205 g/mol. The molecule has 0 bridgehead atoms. The molecule has 4 heteroatoms. The van der Waals surface area contributed by atoms with E-state index >= 15 is 0 Å². The van der Waals surface area contributed by atoms with E-state index in [1.807, 2.05) is 20.8 Å². The molecule has 0 aromatic heterocycles. The molecule has 1 rings (SSSR count). The van der Waals surface area contributed by atoms with Crippen LogP contribution in [0.1, 0.15) is 19.4 Å². The summed E-state index contributed by atoms with van der Waals surface area (Å²) in [4.78, 5) is 0. The number of alkyl halides is 3. The van der Waals surface area contributed by atoms with E-state index in [0.717, 1.165) is 5.56 Å². The zero-order chi connectivity index (χ0) is 12.3. The van der Waals surface area contributed by atoms with Gasteiger partial charge in [0.2, 0.25) is 0 Å². The Kier molecular flexibility index (Phi) is 11.8. The van der Waals surface area contributed by atoms with Gasteiger partial charge in [-0.05, 0) is 19.1 Å². The van der Waals surface area contributed by atoms with Crippen molar-refractivity contribution in [2.45, 2.75) is 27.4 Å². The van der Waals surface area contributed by atoms with Crippen molar-refractivity contribution in [1.29, 1.82) is 0 Å². The van der Waals surface area contributed by atoms with E-state index in [4.69, 9.17) is 0 Å². The number of rotatable bonds is 2. The second kappa shape index (κ2) is 10.9. The fourth-order valence-corrected chi connectivity index (χ4v) is 0.720. The molecule has 0 N–H and O–H groups in total. The van der Waals surface area contributed by atoms with Crippen LogP contribution in [0.5, 0.6) is 5.75 Å². The van der Waals surface area contributed by atoms with Gasteiger partial charge in [0.1, 0.15) is 5.75 Å². The maximum Gasteiger partial charge on any atom is 0.387 e. The average Bonchev–Trinajstić information content (AvgIpc) is 2.27. The highest BCUT2D eigenvalue weighted by Crippen LogP contribution is 2.13. The first-order chi connectivity index (χ1) is 7.18. The molecule has 0 aliphatic rings. The SMILES string of the molecule is CC.CF.Cc1ccc(OC(F)F)cc1. The lowest BCUT2D eigenvalue weighted by Gasteiger charge is -2.02. The van der Waals surface area contributed by atoms with Crippen LogP contribution in [0, 0.1) is 6.92 Å². The highest BCUT2D eigenvalue weighted by molar-refractivity contribution is 5.26. The summed E-state index contributed by atoms with van der Waals surface area (Å²) in [5, 5.41) is 0. The third-order valence-electron chi connectivity index (χ3n) is 1.25. The van der Waals surface area contributed by atoms with Crippen molar-refractivity contribution in [3.8, 4) is 5.75 Å². The van der Waals surface area contributed by atoms with Crippen LogP contribution in [0.2, 0.25) is 0 Å². The van der Waals surface area contributed by atoms with Gasteiger partial charge in [-0.1, -0.05) is 31.5 Å². The maximum atomic E-state index is 11.6. The summed E-state index contributed by atoms with van der Waals surface area (Å²) in [7, 11) is 0.500. The van der Waals surface area contributed by atoms with Gasteiger partial charge in [-0.2, -0.15) is 8.78 Å². The van der Waals surface area contributed by atoms with E-state index in [1.165, 1.54) is 12.1 Å². The number of hydrogen-bond acceptors (Lipinski definition) is 1. The van der Waals surface area contributed by atoms with Crippen molar-refractivity contribution in [2.75, 3.05) is 7.18 Å². The second-order valence-electron chi connectivity index (χ2n) is 2.19. The smallest absolute Gasteiger partial charge is 0.387 e. The largest absolute Gasteiger partial charge is 0.435 e. The molecule has 1 aromatic rings. The molecule has 0 saturated heterocycles. The quantitative estimate of drug-likeness (QED) is 0.728. The summed E-state index contributed by atoms with van der Waals surface area (Å²) in [6, 6.07) is 6.47. The number of aryl methyl sites for hydroxylation is 1. The number of ether oxygens (including phenoxy) is 1. The Bertz CT molecular complexity index is 222. The molecule has 0 atom stereocenters. The fourth-order valence-electron chi connectivity index (χ4n) is 0.720. The molecule has 0 unspecified atom stereocenters. The van der Waals surface area contributed by atoms with Gasteiger partial charge in [-0.3, -0.25) is 4.39 Å². The van der Waals surface area contributed by atoms with Gasteiger partial charge < -0.3 is 4.74 Å². The van der Waals surface area contributed by atoms with E-state index in [-0.39, 0.29) is 5.75 Å². The number of benzene rings is 1. The summed E-state index contributed by atoms with van der Waals surface area (Å²) in [5.74, 6) is 0.200. The summed E-state index contributed by atoms with van der Waals surface area (Å²) < 4.78 is 36.8. The monoisotopic (exact) mass is 222 g/mol. The second-order valence-corrected chi connectivity index (χ2v) is 2.19. The van der Waals surface area contributed by atoms with Gasteiger partial charge in [0, 0.05) is 0 Å². The van der Waals surface area contributed by atoms with Crippen molar-refractivity contribution in [2.24, 2.45) is 0 Å². The van der Waals surface area contributed by atoms with E-state index in [9.17, 15) is 13.2 Å². The molecule has 0 heterocycles.